The molecule has 0 saturated heterocycles. The Morgan fingerprint density at radius 3 is 2.48 bits per heavy atom. The first-order valence-electron chi connectivity index (χ1n) is 10.0. The quantitative estimate of drug-likeness (QED) is 0.465. The molecule has 0 aliphatic carbocycles. The summed E-state index contributed by atoms with van der Waals surface area (Å²) in [5.41, 5.74) is 0.866. The van der Waals surface area contributed by atoms with Crippen LogP contribution in [0.1, 0.15) is 23.9 Å². The van der Waals surface area contributed by atoms with Crippen molar-refractivity contribution < 1.29 is 22.8 Å². The van der Waals surface area contributed by atoms with Crippen molar-refractivity contribution in [2.45, 2.75) is 38.1 Å². The third-order valence-electron chi connectivity index (χ3n) is 4.65. The molecular weight excluding hydrogens is 455 g/mol. The number of aromatic nitrogens is 3. The first-order chi connectivity index (χ1) is 15.7. The third kappa shape index (κ3) is 6.58. The van der Waals surface area contributed by atoms with Crippen LogP contribution < -0.4 is 10.6 Å². The molecule has 174 valence electrons. The number of alkyl halides is 3. The predicted octanol–water partition coefficient (Wildman–Crippen LogP) is 4.54. The van der Waals surface area contributed by atoms with Crippen LogP contribution in [0.2, 0.25) is 0 Å². The lowest BCUT2D eigenvalue weighted by atomic mass is 10.2. The zero-order valence-electron chi connectivity index (χ0n) is 17.9. The Morgan fingerprint density at radius 1 is 1.03 bits per heavy atom. The van der Waals surface area contributed by atoms with E-state index in [1.54, 1.807) is 4.57 Å². The van der Waals surface area contributed by atoms with E-state index in [2.05, 4.69) is 20.8 Å². The number of nitrogens with one attached hydrogen (secondary N) is 2. The van der Waals surface area contributed by atoms with Crippen molar-refractivity contribution >= 4 is 35.0 Å². The zero-order chi connectivity index (χ0) is 24.0. The van der Waals surface area contributed by atoms with Crippen LogP contribution in [0.4, 0.5) is 24.5 Å². The summed E-state index contributed by atoms with van der Waals surface area (Å²) in [5.74, 6) is -0.359. The van der Waals surface area contributed by atoms with Crippen LogP contribution in [0.5, 0.6) is 0 Å². The molecule has 0 atom stereocenters. The highest BCUT2D eigenvalue weighted by Gasteiger charge is 2.30. The van der Waals surface area contributed by atoms with Crippen molar-refractivity contribution in [3.8, 4) is 0 Å². The average Bonchev–Trinajstić information content (AvgIpc) is 3.14. The normalized spacial score (nSPS) is 11.3. The van der Waals surface area contributed by atoms with Crippen molar-refractivity contribution in [1.29, 1.82) is 0 Å². The number of thioether (sulfide) groups is 1. The van der Waals surface area contributed by atoms with Gasteiger partial charge in [-0.2, -0.15) is 13.2 Å². The second kappa shape index (κ2) is 10.5. The SMILES string of the molecule is CCn1c(CC(=O)Nc2ccccc2C)nnc1SCC(=O)Nc1cccc(C(F)(F)F)c1. The van der Waals surface area contributed by atoms with Crippen LogP contribution in [0.25, 0.3) is 0 Å². The fraction of sp³-hybridized carbons (Fsp3) is 0.273. The molecule has 3 rings (SSSR count). The Kier molecular flexibility index (Phi) is 7.75. The van der Waals surface area contributed by atoms with E-state index < -0.39 is 17.6 Å². The highest BCUT2D eigenvalue weighted by molar-refractivity contribution is 7.99. The van der Waals surface area contributed by atoms with Gasteiger partial charge in [-0.3, -0.25) is 9.59 Å². The van der Waals surface area contributed by atoms with E-state index in [-0.39, 0.29) is 23.8 Å². The molecule has 0 aliphatic heterocycles. The number of carbonyl (C=O) groups is 2. The third-order valence-corrected chi connectivity index (χ3v) is 5.62. The molecule has 1 heterocycles. The fourth-order valence-corrected chi connectivity index (χ4v) is 3.85. The monoisotopic (exact) mass is 477 g/mol. The van der Waals surface area contributed by atoms with Gasteiger partial charge in [-0.05, 0) is 43.7 Å². The zero-order valence-corrected chi connectivity index (χ0v) is 18.8. The minimum Gasteiger partial charge on any atom is -0.325 e. The first kappa shape index (κ1) is 24.3. The first-order valence-corrected chi connectivity index (χ1v) is 11.0. The van der Waals surface area contributed by atoms with Crippen LogP contribution in [0.15, 0.2) is 53.7 Å². The van der Waals surface area contributed by atoms with Gasteiger partial charge in [0, 0.05) is 17.9 Å². The number of hydrogen-bond acceptors (Lipinski definition) is 5. The van der Waals surface area contributed by atoms with E-state index in [0.29, 0.717) is 23.2 Å². The van der Waals surface area contributed by atoms with Crippen LogP contribution >= 0.6 is 11.8 Å². The van der Waals surface area contributed by atoms with Gasteiger partial charge in [0.15, 0.2) is 5.16 Å². The molecule has 33 heavy (non-hydrogen) atoms. The smallest absolute Gasteiger partial charge is 0.325 e. The van der Waals surface area contributed by atoms with Crippen molar-refractivity contribution in [3.63, 3.8) is 0 Å². The molecule has 7 nitrogen and oxygen atoms in total. The average molecular weight is 478 g/mol. The van der Waals surface area contributed by atoms with E-state index >= 15 is 0 Å². The van der Waals surface area contributed by atoms with Crippen molar-refractivity contribution in [1.82, 2.24) is 14.8 Å². The Hall–Kier alpha value is -3.34. The number of carbonyl (C=O) groups excluding carboxylic acids is 2. The lowest BCUT2D eigenvalue weighted by molar-refractivity contribution is -0.137. The number of hydrogen-bond donors (Lipinski definition) is 2. The van der Waals surface area contributed by atoms with Crippen molar-refractivity contribution in [2.75, 3.05) is 16.4 Å². The van der Waals surface area contributed by atoms with Gasteiger partial charge in [0.05, 0.1) is 17.7 Å². The van der Waals surface area contributed by atoms with Crippen molar-refractivity contribution in [2.24, 2.45) is 0 Å². The molecule has 0 unspecified atom stereocenters. The summed E-state index contributed by atoms with van der Waals surface area (Å²) in [4.78, 5) is 24.7. The largest absolute Gasteiger partial charge is 0.416 e. The molecule has 0 saturated carbocycles. The maximum Gasteiger partial charge on any atom is 0.416 e. The summed E-state index contributed by atoms with van der Waals surface area (Å²) >= 11 is 1.09. The van der Waals surface area contributed by atoms with E-state index in [9.17, 15) is 22.8 Å². The lowest BCUT2D eigenvalue weighted by Crippen LogP contribution is -2.18. The van der Waals surface area contributed by atoms with Gasteiger partial charge in [-0.1, -0.05) is 36.0 Å². The summed E-state index contributed by atoms with van der Waals surface area (Å²) < 4.78 is 40.2. The Morgan fingerprint density at radius 2 is 1.79 bits per heavy atom. The standard InChI is InChI=1S/C22H22F3N5O2S/c1-3-30-18(12-19(31)27-17-10-5-4-7-14(17)2)28-29-21(30)33-13-20(32)26-16-9-6-8-15(11-16)22(23,24)25/h4-11H,3,12-13H2,1-2H3,(H,26,32)(H,27,31). The number of rotatable bonds is 8. The molecule has 2 amide bonds. The van der Waals surface area contributed by atoms with Crippen LogP contribution in [0, 0.1) is 6.92 Å². The number of nitrogens with zero attached hydrogens (tertiary/aromatic N) is 3. The number of benzene rings is 2. The Balaban J connectivity index is 1.59. The molecule has 1 aromatic heterocycles. The molecule has 0 bridgehead atoms. The molecule has 0 fully saturated rings. The number of aryl methyl sites for hydroxylation is 1. The molecular formula is C22H22F3N5O2S. The predicted molar refractivity (Wildman–Crippen MR) is 120 cm³/mol. The van der Waals surface area contributed by atoms with Gasteiger partial charge in [0.2, 0.25) is 11.8 Å². The molecule has 2 aromatic carbocycles. The van der Waals surface area contributed by atoms with E-state index in [0.717, 1.165) is 29.5 Å². The number of halogens is 3. The summed E-state index contributed by atoms with van der Waals surface area (Å²) in [6, 6.07) is 11.8. The second-order valence-corrected chi connectivity index (χ2v) is 8.04. The van der Waals surface area contributed by atoms with Gasteiger partial charge in [-0.25, -0.2) is 0 Å². The molecule has 0 aliphatic rings. The van der Waals surface area contributed by atoms with Gasteiger partial charge in [0.1, 0.15) is 5.82 Å². The Bertz CT molecular complexity index is 1150. The lowest BCUT2D eigenvalue weighted by Gasteiger charge is -2.10. The highest BCUT2D eigenvalue weighted by atomic mass is 32.2. The van der Waals surface area contributed by atoms with Crippen LogP contribution in [0.3, 0.4) is 0 Å². The van der Waals surface area contributed by atoms with Gasteiger partial charge >= 0.3 is 6.18 Å². The van der Waals surface area contributed by atoms with Crippen LogP contribution in [-0.4, -0.2) is 32.3 Å². The van der Waals surface area contributed by atoms with Crippen LogP contribution in [-0.2, 0) is 28.7 Å². The van der Waals surface area contributed by atoms with Crippen molar-refractivity contribution in [3.05, 3.63) is 65.5 Å². The molecule has 11 heteroatoms. The number of para-hydroxylation sites is 1. The second-order valence-electron chi connectivity index (χ2n) is 7.10. The number of anilines is 2. The summed E-state index contributed by atoms with van der Waals surface area (Å²) in [5, 5.41) is 13.9. The fourth-order valence-electron chi connectivity index (χ4n) is 3.03. The maximum absolute atomic E-state index is 12.8. The van der Waals surface area contributed by atoms with Gasteiger partial charge in [0.25, 0.3) is 0 Å². The summed E-state index contributed by atoms with van der Waals surface area (Å²) in [6.07, 6.45) is -4.49. The van der Waals surface area contributed by atoms with Gasteiger partial charge < -0.3 is 15.2 Å². The minimum atomic E-state index is -4.49. The van der Waals surface area contributed by atoms with E-state index in [1.165, 1.54) is 12.1 Å². The van der Waals surface area contributed by atoms with E-state index in [4.69, 9.17) is 0 Å². The summed E-state index contributed by atoms with van der Waals surface area (Å²) in [6.45, 7) is 4.24. The molecule has 2 N–H and O–H groups in total. The molecule has 0 spiro atoms. The topological polar surface area (TPSA) is 88.9 Å². The van der Waals surface area contributed by atoms with E-state index in [1.807, 2.05) is 38.1 Å². The number of amides is 2. The van der Waals surface area contributed by atoms with Gasteiger partial charge in [-0.15, -0.1) is 10.2 Å². The minimum absolute atomic E-state index is 0.00612. The Labute approximate surface area is 192 Å². The summed E-state index contributed by atoms with van der Waals surface area (Å²) in [7, 11) is 0. The molecule has 0 radical (unpaired) electrons. The highest BCUT2D eigenvalue weighted by Crippen LogP contribution is 2.30. The maximum atomic E-state index is 12.8. The molecule has 3 aromatic rings.